The Morgan fingerprint density at radius 2 is 1.74 bits per heavy atom. The standard InChI is InChI=1S/C12H15NO5S/c1-8(19(2,17)18)11(14)13-10(12(15)16)9-6-4-3-5-7-9/h3-8,10H,1-2H3,(H,13,14)(H,15,16)/t8?,10-/m1/s1. The fourth-order valence-corrected chi connectivity index (χ4v) is 1.84. The summed E-state index contributed by atoms with van der Waals surface area (Å²) >= 11 is 0. The first-order valence-electron chi connectivity index (χ1n) is 5.50. The van der Waals surface area contributed by atoms with Crippen LogP contribution in [0.5, 0.6) is 0 Å². The molecule has 2 N–H and O–H groups in total. The van der Waals surface area contributed by atoms with Gasteiger partial charge in [-0.2, -0.15) is 0 Å². The summed E-state index contributed by atoms with van der Waals surface area (Å²) in [5.74, 6) is -2.08. The lowest BCUT2D eigenvalue weighted by Gasteiger charge is -2.17. The Labute approximate surface area is 111 Å². The molecule has 0 heterocycles. The molecular formula is C12H15NO5S. The molecule has 1 aromatic carbocycles. The Hall–Kier alpha value is -1.89. The predicted octanol–water partition coefficient (Wildman–Crippen LogP) is 0.362. The highest BCUT2D eigenvalue weighted by molar-refractivity contribution is 7.92. The Morgan fingerprint density at radius 1 is 1.21 bits per heavy atom. The highest BCUT2D eigenvalue weighted by Gasteiger charge is 2.28. The van der Waals surface area contributed by atoms with Crippen LogP contribution in [0.25, 0.3) is 0 Å². The van der Waals surface area contributed by atoms with Crippen LogP contribution < -0.4 is 5.32 Å². The summed E-state index contributed by atoms with van der Waals surface area (Å²) in [6.45, 7) is 1.22. The molecule has 0 saturated heterocycles. The molecule has 1 amide bonds. The lowest BCUT2D eigenvalue weighted by atomic mass is 10.1. The Bertz CT molecular complexity index is 567. The third-order valence-electron chi connectivity index (χ3n) is 2.68. The van der Waals surface area contributed by atoms with Crippen molar-refractivity contribution in [1.82, 2.24) is 5.32 Å². The first-order chi connectivity index (χ1) is 8.73. The van der Waals surface area contributed by atoms with E-state index in [1.807, 2.05) is 0 Å². The minimum Gasteiger partial charge on any atom is -0.479 e. The molecule has 0 aromatic heterocycles. The maximum atomic E-state index is 11.7. The van der Waals surface area contributed by atoms with Gasteiger partial charge in [0.2, 0.25) is 5.91 Å². The number of benzene rings is 1. The summed E-state index contributed by atoms with van der Waals surface area (Å²) in [5.41, 5.74) is 0.379. The van der Waals surface area contributed by atoms with Gasteiger partial charge in [-0.15, -0.1) is 0 Å². The van der Waals surface area contributed by atoms with Crippen molar-refractivity contribution in [2.45, 2.75) is 18.2 Å². The quantitative estimate of drug-likeness (QED) is 0.813. The minimum absolute atomic E-state index is 0.379. The van der Waals surface area contributed by atoms with E-state index in [2.05, 4.69) is 5.32 Å². The van der Waals surface area contributed by atoms with E-state index >= 15 is 0 Å². The van der Waals surface area contributed by atoms with Gasteiger partial charge in [0.25, 0.3) is 0 Å². The van der Waals surface area contributed by atoms with Gasteiger partial charge in [0.05, 0.1) is 0 Å². The number of carboxylic acid groups (broad SMARTS) is 1. The van der Waals surface area contributed by atoms with Crippen LogP contribution in [0.4, 0.5) is 0 Å². The van der Waals surface area contributed by atoms with Gasteiger partial charge >= 0.3 is 5.97 Å². The van der Waals surface area contributed by atoms with E-state index < -0.39 is 33.0 Å². The van der Waals surface area contributed by atoms with Crippen LogP contribution in [-0.4, -0.2) is 36.9 Å². The molecule has 0 bridgehead atoms. The van der Waals surface area contributed by atoms with Gasteiger partial charge in [0.15, 0.2) is 15.9 Å². The third-order valence-corrected chi connectivity index (χ3v) is 4.18. The zero-order valence-electron chi connectivity index (χ0n) is 10.5. The maximum absolute atomic E-state index is 11.7. The van der Waals surface area contributed by atoms with Crippen LogP contribution >= 0.6 is 0 Å². The van der Waals surface area contributed by atoms with Crippen molar-refractivity contribution in [1.29, 1.82) is 0 Å². The zero-order chi connectivity index (χ0) is 14.6. The Kier molecular flexibility index (Phi) is 4.66. The molecule has 0 saturated carbocycles. The van der Waals surface area contributed by atoms with E-state index in [9.17, 15) is 18.0 Å². The van der Waals surface area contributed by atoms with E-state index in [1.165, 1.54) is 6.92 Å². The van der Waals surface area contributed by atoms with Gasteiger partial charge in [0, 0.05) is 6.26 Å². The van der Waals surface area contributed by atoms with Crippen LogP contribution in [0.2, 0.25) is 0 Å². The monoisotopic (exact) mass is 285 g/mol. The average molecular weight is 285 g/mol. The summed E-state index contributed by atoms with van der Waals surface area (Å²) in [5, 5.41) is 10.0. The van der Waals surface area contributed by atoms with Crippen molar-refractivity contribution in [3.05, 3.63) is 35.9 Å². The number of hydrogen-bond acceptors (Lipinski definition) is 4. The fraction of sp³-hybridized carbons (Fsp3) is 0.333. The SMILES string of the molecule is CC(C(=O)N[C@@H](C(=O)O)c1ccccc1)S(C)(=O)=O. The number of amides is 1. The lowest BCUT2D eigenvalue weighted by Crippen LogP contribution is -2.42. The number of rotatable bonds is 5. The van der Waals surface area contributed by atoms with E-state index in [1.54, 1.807) is 30.3 Å². The summed E-state index contributed by atoms with van der Waals surface area (Å²) in [4.78, 5) is 22.9. The normalized spacial score (nSPS) is 14.4. The second-order valence-electron chi connectivity index (χ2n) is 4.16. The molecule has 104 valence electrons. The second-order valence-corrected chi connectivity index (χ2v) is 6.53. The van der Waals surface area contributed by atoms with Crippen molar-refractivity contribution in [2.75, 3.05) is 6.26 Å². The van der Waals surface area contributed by atoms with Gasteiger partial charge in [-0.1, -0.05) is 30.3 Å². The van der Waals surface area contributed by atoms with Crippen LogP contribution in [0.1, 0.15) is 18.5 Å². The molecule has 1 aromatic rings. The molecule has 0 aliphatic rings. The number of sulfone groups is 1. The highest BCUT2D eigenvalue weighted by Crippen LogP contribution is 2.13. The van der Waals surface area contributed by atoms with Crippen LogP contribution in [-0.2, 0) is 19.4 Å². The molecule has 0 radical (unpaired) electrons. The average Bonchev–Trinajstić information content (AvgIpc) is 2.34. The van der Waals surface area contributed by atoms with E-state index in [0.29, 0.717) is 5.56 Å². The molecule has 1 unspecified atom stereocenters. The lowest BCUT2D eigenvalue weighted by molar-refractivity contribution is -0.141. The van der Waals surface area contributed by atoms with Gasteiger partial charge in [0.1, 0.15) is 5.25 Å². The minimum atomic E-state index is -3.56. The summed E-state index contributed by atoms with van der Waals surface area (Å²) in [7, 11) is -3.56. The smallest absolute Gasteiger partial charge is 0.330 e. The molecule has 6 nitrogen and oxygen atoms in total. The van der Waals surface area contributed by atoms with Crippen LogP contribution in [0, 0.1) is 0 Å². The molecule has 0 aliphatic heterocycles. The van der Waals surface area contributed by atoms with Crippen molar-refractivity contribution in [3.8, 4) is 0 Å². The number of hydrogen-bond donors (Lipinski definition) is 2. The first kappa shape index (κ1) is 15.2. The van der Waals surface area contributed by atoms with E-state index in [-0.39, 0.29) is 0 Å². The molecule has 7 heteroatoms. The largest absolute Gasteiger partial charge is 0.479 e. The van der Waals surface area contributed by atoms with Crippen molar-refractivity contribution >= 4 is 21.7 Å². The van der Waals surface area contributed by atoms with Crippen molar-refractivity contribution < 1.29 is 23.1 Å². The van der Waals surface area contributed by atoms with Crippen molar-refractivity contribution in [3.63, 3.8) is 0 Å². The van der Waals surface area contributed by atoms with Gasteiger partial charge in [-0.3, -0.25) is 4.79 Å². The molecular weight excluding hydrogens is 270 g/mol. The molecule has 0 spiro atoms. The number of carbonyl (C=O) groups excluding carboxylic acids is 1. The molecule has 19 heavy (non-hydrogen) atoms. The van der Waals surface area contributed by atoms with Gasteiger partial charge in [-0.25, -0.2) is 13.2 Å². The van der Waals surface area contributed by atoms with E-state index in [4.69, 9.17) is 5.11 Å². The number of carboxylic acids is 1. The van der Waals surface area contributed by atoms with Gasteiger partial charge < -0.3 is 10.4 Å². The van der Waals surface area contributed by atoms with Crippen LogP contribution in [0.15, 0.2) is 30.3 Å². The number of aliphatic carboxylic acids is 1. The second kappa shape index (κ2) is 5.83. The zero-order valence-corrected chi connectivity index (χ0v) is 11.3. The van der Waals surface area contributed by atoms with E-state index in [0.717, 1.165) is 6.26 Å². The Balaban J connectivity index is 2.93. The highest BCUT2D eigenvalue weighted by atomic mass is 32.2. The third kappa shape index (κ3) is 4.06. The summed E-state index contributed by atoms with van der Waals surface area (Å²) in [6.07, 6.45) is 0.926. The molecule has 1 rings (SSSR count). The van der Waals surface area contributed by atoms with Crippen LogP contribution in [0.3, 0.4) is 0 Å². The summed E-state index contributed by atoms with van der Waals surface area (Å²) < 4.78 is 22.5. The predicted molar refractivity (Wildman–Crippen MR) is 69.3 cm³/mol. The molecule has 0 aliphatic carbocycles. The summed E-state index contributed by atoms with van der Waals surface area (Å²) in [6, 6.07) is 6.81. The number of nitrogens with one attached hydrogen (secondary N) is 1. The Morgan fingerprint density at radius 3 is 2.16 bits per heavy atom. The number of carbonyl (C=O) groups is 2. The first-order valence-corrected chi connectivity index (χ1v) is 7.46. The fourth-order valence-electron chi connectivity index (χ4n) is 1.39. The molecule has 2 atom stereocenters. The topological polar surface area (TPSA) is 101 Å². The van der Waals surface area contributed by atoms with Crippen molar-refractivity contribution in [2.24, 2.45) is 0 Å². The van der Waals surface area contributed by atoms with Gasteiger partial charge in [-0.05, 0) is 12.5 Å². The maximum Gasteiger partial charge on any atom is 0.330 e. The molecule has 0 fully saturated rings.